The number of carbonyl (C=O) groups excluding carboxylic acids is 1. The summed E-state index contributed by atoms with van der Waals surface area (Å²) in [5, 5.41) is 12.6. The van der Waals surface area contributed by atoms with E-state index in [1.165, 1.54) is 12.1 Å². The number of benzene rings is 2. The molecule has 2 aromatic carbocycles. The maximum atomic E-state index is 13.3. The van der Waals surface area contributed by atoms with E-state index in [-0.39, 0.29) is 24.1 Å². The molecule has 1 amide bonds. The second-order valence-corrected chi connectivity index (χ2v) is 6.01. The number of rotatable bonds is 5. The van der Waals surface area contributed by atoms with Crippen molar-refractivity contribution >= 4 is 16.8 Å². The highest BCUT2D eigenvalue weighted by Crippen LogP contribution is 2.28. The van der Waals surface area contributed by atoms with E-state index in [1.807, 2.05) is 6.92 Å². The molecule has 0 aliphatic carbocycles. The molecule has 3 rings (SSSR count). The van der Waals surface area contributed by atoms with Gasteiger partial charge >= 0.3 is 0 Å². The fourth-order valence-electron chi connectivity index (χ4n) is 2.90. The lowest BCUT2D eigenvalue weighted by Gasteiger charge is -2.15. The molecular formula is C21H18FN3O2. The van der Waals surface area contributed by atoms with Crippen LogP contribution in [0, 0.1) is 24.1 Å². The molecule has 0 aliphatic heterocycles. The third kappa shape index (κ3) is 3.87. The van der Waals surface area contributed by atoms with Crippen molar-refractivity contribution in [2.75, 3.05) is 6.61 Å². The molecule has 5 nitrogen and oxygen atoms in total. The Hall–Kier alpha value is -3.46. The van der Waals surface area contributed by atoms with Crippen molar-refractivity contribution in [3.05, 3.63) is 70.5 Å². The minimum Gasteiger partial charge on any atom is -0.477 e. The molecule has 1 aromatic heterocycles. The van der Waals surface area contributed by atoms with Gasteiger partial charge in [0.15, 0.2) is 0 Å². The van der Waals surface area contributed by atoms with Crippen molar-refractivity contribution in [1.29, 1.82) is 5.26 Å². The van der Waals surface area contributed by atoms with Crippen LogP contribution in [0.25, 0.3) is 10.9 Å². The van der Waals surface area contributed by atoms with Gasteiger partial charge in [0, 0.05) is 11.9 Å². The van der Waals surface area contributed by atoms with E-state index in [9.17, 15) is 9.18 Å². The number of ether oxygens (including phenoxy) is 1. The first kappa shape index (κ1) is 18.3. The van der Waals surface area contributed by atoms with E-state index in [0.29, 0.717) is 34.4 Å². The van der Waals surface area contributed by atoms with Crippen LogP contribution in [0.15, 0.2) is 42.5 Å². The van der Waals surface area contributed by atoms with Crippen LogP contribution in [0.2, 0.25) is 0 Å². The second kappa shape index (κ2) is 7.83. The number of pyridine rings is 1. The number of fused-ring (bicyclic) bond motifs is 1. The number of nitrogens with zero attached hydrogens (tertiary/aromatic N) is 2. The van der Waals surface area contributed by atoms with E-state index in [1.54, 1.807) is 37.3 Å². The summed E-state index contributed by atoms with van der Waals surface area (Å²) in [4.78, 5) is 17.2. The Morgan fingerprint density at radius 3 is 2.81 bits per heavy atom. The van der Waals surface area contributed by atoms with Gasteiger partial charge < -0.3 is 10.1 Å². The van der Waals surface area contributed by atoms with E-state index < -0.39 is 0 Å². The minimum atomic E-state index is -0.353. The topological polar surface area (TPSA) is 75.0 Å². The van der Waals surface area contributed by atoms with E-state index in [2.05, 4.69) is 16.4 Å². The Balaban J connectivity index is 1.98. The van der Waals surface area contributed by atoms with Gasteiger partial charge in [0.2, 0.25) is 5.88 Å². The zero-order chi connectivity index (χ0) is 19.4. The number of aryl methyl sites for hydroxylation is 1. The van der Waals surface area contributed by atoms with E-state index in [0.717, 1.165) is 5.39 Å². The number of hydrogen-bond acceptors (Lipinski definition) is 4. The lowest BCUT2D eigenvalue weighted by molar-refractivity contribution is 0.0945. The highest BCUT2D eigenvalue weighted by molar-refractivity contribution is 6.02. The first-order valence-electron chi connectivity index (χ1n) is 8.53. The number of carbonyl (C=O) groups is 1. The summed E-state index contributed by atoms with van der Waals surface area (Å²) in [6.45, 7) is 4.16. The fraction of sp³-hybridized carbons (Fsp3) is 0.190. The quantitative estimate of drug-likeness (QED) is 0.746. The average Bonchev–Trinajstić information content (AvgIpc) is 2.66. The van der Waals surface area contributed by atoms with E-state index in [4.69, 9.17) is 10.00 Å². The van der Waals surface area contributed by atoms with Gasteiger partial charge in [-0.05, 0) is 49.2 Å². The van der Waals surface area contributed by atoms with Crippen molar-refractivity contribution in [2.45, 2.75) is 20.4 Å². The molecule has 3 aromatic rings. The normalized spacial score (nSPS) is 10.4. The van der Waals surface area contributed by atoms with Gasteiger partial charge in [0.1, 0.15) is 11.4 Å². The van der Waals surface area contributed by atoms with Gasteiger partial charge in [0.05, 0.1) is 23.8 Å². The zero-order valence-corrected chi connectivity index (χ0v) is 15.0. The molecule has 6 heteroatoms. The highest BCUT2D eigenvalue weighted by Gasteiger charge is 2.20. The van der Waals surface area contributed by atoms with Crippen molar-refractivity contribution in [3.8, 4) is 11.9 Å². The summed E-state index contributed by atoms with van der Waals surface area (Å²) in [7, 11) is 0. The van der Waals surface area contributed by atoms with Crippen LogP contribution in [0.4, 0.5) is 4.39 Å². The summed E-state index contributed by atoms with van der Waals surface area (Å²) in [5.74, 6) is -0.484. The highest BCUT2D eigenvalue weighted by atomic mass is 19.1. The first-order valence-corrected chi connectivity index (χ1v) is 8.53. The standard InChI is InChI=1S/C21H18FN3O2/c1-3-27-21-19(20(26)24-12-15-5-4-6-16(22)9-15)13(2)17-8-7-14(11-23)10-18(17)25-21/h4-10H,3,12H2,1-2H3,(H,24,26). The summed E-state index contributed by atoms with van der Waals surface area (Å²) in [5.41, 5.74) is 2.79. The van der Waals surface area contributed by atoms with Gasteiger partial charge in [-0.1, -0.05) is 18.2 Å². The zero-order valence-electron chi connectivity index (χ0n) is 15.0. The fourth-order valence-corrected chi connectivity index (χ4v) is 2.90. The van der Waals surface area contributed by atoms with Crippen molar-refractivity contribution < 1.29 is 13.9 Å². The monoisotopic (exact) mass is 363 g/mol. The molecule has 0 bridgehead atoms. The van der Waals surface area contributed by atoms with Gasteiger partial charge in [-0.3, -0.25) is 4.79 Å². The predicted octanol–water partition coefficient (Wildman–Crippen LogP) is 3.88. The average molecular weight is 363 g/mol. The Morgan fingerprint density at radius 1 is 1.30 bits per heavy atom. The van der Waals surface area contributed by atoms with Gasteiger partial charge in [-0.25, -0.2) is 9.37 Å². The Bertz CT molecular complexity index is 1060. The molecule has 0 saturated heterocycles. The van der Waals surface area contributed by atoms with Crippen molar-refractivity contribution in [1.82, 2.24) is 10.3 Å². The molecule has 0 fully saturated rings. The lowest BCUT2D eigenvalue weighted by atomic mass is 10.0. The number of aromatic nitrogens is 1. The van der Waals surface area contributed by atoms with Crippen LogP contribution in [0.1, 0.15) is 34.0 Å². The summed E-state index contributed by atoms with van der Waals surface area (Å²) < 4.78 is 18.9. The van der Waals surface area contributed by atoms with Gasteiger partial charge in [-0.2, -0.15) is 5.26 Å². The summed E-state index contributed by atoms with van der Waals surface area (Å²) in [6.07, 6.45) is 0. The largest absolute Gasteiger partial charge is 0.477 e. The number of hydrogen-bond donors (Lipinski definition) is 1. The second-order valence-electron chi connectivity index (χ2n) is 6.01. The van der Waals surface area contributed by atoms with Crippen LogP contribution in [0.3, 0.4) is 0 Å². The molecule has 1 N–H and O–H groups in total. The van der Waals surface area contributed by atoms with Crippen LogP contribution in [-0.2, 0) is 6.54 Å². The molecular weight excluding hydrogens is 345 g/mol. The third-order valence-electron chi connectivity index (χ3n) is 4.19. The number of halogens is 1. The SMILES string of the molecule is CCOc1nc2cc(C#N)ccc2c(C)c1C(=O)NCc1cccc(F)c1. The van der Waals surface area contributed by atoms with Crippen LogP contribution in [-0.4, -0.2) is 17.5 Å². The summed E-state index contributed by atoms with van der Waals surface area (Å²) >= 11 is 0. The molecule has 0 spiro atoms. The molecule has 136 valence electrons. The molecule has 27 heavy (non-hydrogen) atoms. The molecule has 0 radical (unpaired) electrons. The minimum absolute atomic E-state index is 0.188. The number of amides is 1. The van der Waals surface area contributed by atoms with Gasteiger partial charge in [-0.15, -0.1) is 0 Å². The van der Waals surface area contributed by atoms with Crippen LogP contribution >= 0.6 is 0 Å². The maximum Gasteiger partial charge on any atom is 0.257 e. The maximum absolute atomic E-state index is 13.3. The number of nitrogens with one attached hydrogen (secondary N) is 1. The van der Waals surface area contributed by atoms with Crippen molar-refractivity contribution in [3.63, 3.8) is 0 Å². The first-order chi connectivity index (χ1) is 13.0. The molecule has 1 heterocycles. The Kier molecular flexibility index (Phi) is 5.32. The molecule has 0 aliphatic rings. The molecule has 0 saturated carbocycles. The Morgan fingerprint density at radius 2 is 2.11 bits per heavy atom. The molecule has 0 unspecified atom stereocenters. The van der Waals surface area contributed by atoms with Gasteiger partial charge in [0.25, 0.3) is 5.91 Å². The Labute approximate surface area is 156 Å². The third-order valence-corrected chi connectivity index (χ3v) is 4.19. The summed E-state index contributed by atoms with van der Waals surface area (Å²) in [6, 6.07) is 13.3. The lowest BCUT2D eigenvalue weighted by Crippen LogP contribution is -2.25. The predicted molar refractivity (Wildman–Crippen MR) is 99.9 cm³/mol. The van der Waals surface area contributed by atoms with Crippen molar-refractivity contribution in [2.24, 2.45) is 0 Å². The van der Waals surface area contributed by atoms with E-state index >= 15 is 0 Å². The van der Waals surface area contributed by atoms with Crippen LogP contribution in [0.5, 0.6) is 5.88 Å². The smallest absolute Gasteiger partial charge is 0.257 e. The number of nitriles is 1. The molecule has 0 atom stereocenters. The van der Waals surface area contributed by atoms with Crippen LogP contribution < -0.4 is 10.1 Å².